The van der Waals surface area contributed by atoms with E-state index in [9.17, 15) is 4.79 Å². The van der Waals surface area contributed by atoms with Gasteiger partial charge in [-0.2, -0.15) is 0 Å². The van der Waals surface area contributed by atoms with Crippen molar-refractivity contribution in [3.05, 3.63) is 29.3 Å². The molecule has 2 rings (SSSR count). The van der Waals surface area contributed by atoms with E-state index in [1.54, 1.807) is 0 Å². The fourth-order valence-electron chi connectivity index (χ4n) is 2.55. The summed E-state index contributed by atoms with van der Waals surface area (Å²) < 4.78 is 5.57. The molecule has 0 bridgehead atoms. The lowest BCUT2D eigenvalue weighted by Gasteiger charge is -2.17. The predicted molar refractivity (Wildman–Crippen MR) is 81.9 cm³/mol. The number of rotatable bonds is 3. The standard InChI is InChI=1S/C17H21NO3/c1-3-16-14(8-10-21-16)17(20)18-15-11-13(5-4-9-19)7-6-12(15)2/h6-7,11,14,16,19H,3,8-10H2,1-2H3,(H,18,20). The average Bonchev–Trinajstić information content (AvgIpc) is 2.96. The zero-order valence-corrected chi connectivity index (χ0v) is 12.5. The molecule has 1 aromatic rings. The first-order valence-corrected chi connectivity index (χ1v) is 7.28. The van der Waals surface area contributed by atoms with Crippen molar-refractivity contribution < 1.29 is 14.6 Å². The van der Waals surface area contributed by atoms with Gasteiger partial charge in [0.05, 0.1) is 12.0 Å². The molecule has 1 fully saturated rings. The maximum absolute atomic E-state index is 12.4. The number of hydrogen-bond acceptors (Lipinski definition) is 3. The average molecular weight is 287 g/mol. The summed E-state index contributed by atoms with van der Waals surface area (Å²) in [6.45, 7) is 4.46. The van der Waals surface area contributed by atoms with E-state index in [1.165, 1.54) is 0 Å². The molecule has 1 heterocycles. The smallest absolute Gasteiger partial charge is 0.230 e. The molecule has 4 heteroatoms. The van der Waals surface area contributed by atoms with Gasteiger partial charge in [0.1, 0.15) is 6.61 Å². The Kier molecular flexibility index (Phi) is 5.38. The van der Waals surface area contributed by atoms with Crippen LogP contribution in [0.2, 0.25) is 0 Å². The Hall–Kier alpha value is -1.83. The maximum atomic E-state index is 12.4. The zero-order chi connectivity index (χ0) is 15.2. The number of benzene rings is 1. The summed E-state index contributed by atoms with van der Waals surface area (Å²) in [7, 11) is 0. The molecular weight excluding hydrogens is 266 g/mol. The van der Waals surface area contributed by atoms with Crippen molar-refractivity contribution in [1.82, 2.24) is 0 Å². The van der Waals surface area contributed by atoms with Crippen molar-refractivity contribution in [1.29, 1.82) is 0 Å². The summed E-state index contributed by atoms with van der Waals surface area (Å²) in [6.07, 6.45) is 1.63. The van der Waals surface area contributed by atoms with Crippen molar-refractivity contribution in [2.24, 2.45) is 5.92 Å². The van der Waals surface area contributed by atoms with E-state index in [0.29, 0.717) is 6.61 Å². The first-order chi connectivity index (χ1) is 10.2. The van der Waals surface area contributed by atoms with Crippen molar-refractivity contribution in [3.63, 3.8) is 0 Å². The van der Waals surface area contributed by atoms with Gasteiger partial charge >= 0.3 is 0 Å². The van der Waals surface area contributed by atoms with Crippen LogP contribution in [0.25, 0.3) is 0 Å². The fraction of sp³-hybridized carbons (Fsp3) is 0.471. The third kappa shape index (κ3) is 3.84. The van der Waals surface area contributed by atoms with Gasteiger partial charge in [-0.05, 0) is 37.5 Å². The monoisotopic (exact) mass is 287 g/mol. The van der Waals surface area contributed by atoms with E-state index >= 15 is 0 Å². The van der Waals surface area contributed by atoms with Crippen LogP contribution < -0.4 is 5.32 Å². The Balaban J connectivity index is 2.13. The fourth-order valence-corrected chi connectivity index (χ4v) is 2.55. The molecule has 0 saturated carbocycles. The van der Waals surface area contributed by atoms with Gasteiger partial charge in [0.2, 0.25) is 5.91 Å². The molecule has 0 radical (unpaired) electrons. The molecule has 112 valence electrons. The van der Waals surface area contributed by atoms with Gasteiger partial charge in [-0.25, -0.2) is 0 Å². The van der Waals surface area contributed by atoms with Gasteiger partial charge < -0.3 is 15.2 Å². The molecule has 0 aliphatic carbocycles. The molecule has 2 N–H and O–H groups in total. The molecular formula is C17H21NO3. The van der Waals surface area contributed by atoms with Crippen LogP contribution in [0, 0.1) is 24.7 Å². The van der Waals surface area contributed by atoms with E-state index in [1.807, 2.05) is 32.0 Å². The second kappa shape index (κ2) is 7.26. The summed E-state index contributed by atoms with van der Waals surface area (Å²) >= 11 is 0. The second-order valence-electron chi connectivity index (χ2n) is 5.19. The van der Waals surface area contributed by atoms with Crippen molar-refractivity contribution in [2.75, 3.05) is 18.5 Å². The van der Waals surface area contributed by atoms with Gasteiger partial charge in [0.25, 0.3) is 0 Å². The SMILES string of the molecule is CCC1OCCC1C(=O)Nc1cc(C#CCO)ccc1C. The minimum atomic E-state index is -0.173. The van der Waals surface area contributed by atoms with E-state index in [0.717, 1.165) is 29.7 Å². The molecule has 0 aromatic heterocycles. The highest BCUT2D eigenvalue weighted by Gasteiger charge is 2.32. The molecule has 1 aliphatic heterocycles. The molecule has 1 amide bonds. The molecule has 1 aromatic carbocycles. The highest BCUT2D eigenvalue weighted by atomic mass is 16.5. The third-order valence-corrected chi connectivity index (χ3v) is 3.76. The number of anilines is 1. The van der Waals surface area contributed by atoms with Crippen LogP contribution in [0.1, 0.15) is 30.9 Å². The summed E-state index contributed by atoms with van der Waals surface area (Å²) in [6, 6.07) is 5.63. The number of carbonyl (C=O) groups excluding carboxylic acids is 1. The lowest BCUT2D eigenvalue weighted by molar-refractivity contribution is -0.121. The lowest BCUT2D eigenvalue weighted by Crippen LogP contribution is -2.29. The Morgan fingerprint density at radius 1 is 1.52 bits per heavy atom. The first kappa shape index (κ1) is 15.6. The Bertz CT molecular complexity index is 571. The van der Waals surface area contributed by atoms with Crippen molar-refractivity contribution in [2.45, 2.75) is 32.8 Å². The van der Waals surface area contributed by atoms with Crippen LogP contribution >= 0.6 is 0 Å². The quantitative estimate of drug-likeness (QED) is 0.837. The van der Waals surface area contributed by atoms with Crippen molar-refractivity contribution >= 4 is 11.6 Å². The maximum Gasteiger partial charge on any atom is 0.230 e. The summed E-state index contributed by atoms with van der Waals surface area (Å²) in [5.74, 6) is 5.38. The van der Waals surface area contributed by atoms with Crippen LogP contribution in [-0.4, -0.2) is 30.3 Å². The Morgan fingerprint density at radius 3 is 3.05 bits per heavy atom. The molecule has 1 saturated heterocycles. The summed E-state index contributed by atoms with van der Waals surface area (Å²) in [5.41, 5.74) is 2.54. The number of amides is 1. The van der Waals surface area contributed by atoms with Gasteiger partial charge in [-0.15, -0.1) is 0 Å². The second-order valence-corrected chi connectivity index (χ2v) is 5.19. The number of aryl methyl sites for hydroxylation is 1. The topological polar surface area (TPSA) is 58.6 Å². The molecule has 2 unspecified atom stereocenters. The van der Waals surface area contributed by atoms with Gasteiger partial charge in [0.15, 0.2) is 0 Å². The zero-order valence-electron chi connectivity index (χ0n) is 12.5. The van der Waals surface area contributed by atoms with Crippen molar-refractivity contribution in [3.8, 4) is 11.8 Å². The van der Waals surface area contributed by atoms with E-state index in [4.69, 9.17) is 9.84 Å². The first-order valence-electron chi connectivity index (χ1n) is 7.28. The molecule has 2 atom stereocenters. The number of aliphatic hydroxyl groups is 1. The third-order valence-electron chi connectivity index (χ3n) is 3.76. The van der Waals surface area contributed by atoms with Gasteiger partial charge in [0, 0.05) is 17.9 Å². The van der Waals surface area contributed by atoms with E-state index in [2.05, 4.69) is 17.2 Å². The minimum absolute atomic E-state index is 0.00900. The van der Waals surface area contributed by atoms with Gasteiger partial charge in [-0.1, -0.05) is 24.8 Å². The Morgan fingerprint density at radius 2 is 2.33 bits per heavy atom. The largest absolute Gasteiger partial charge is 0.384 e. The van der Waals surface area contributed by atoms with Crippen LogP contribution in [-0.2, 0) is 9.53 Å². The summed E-state index contributed by atoms with van der Waals surface area (Å²) in [4.78, 5) is 12.4. The highest BCUT2D eigenvalue weighted by molar-refractivity contribution is 5.94. The van der Waals surface area contributed by atoms with Crippen LogP contribution in [0.3, 0.4) is 0 Å². The number of nitrogens with one attached hydrogen (secondary N) is 1. The van der Waals surface area contributed by atoms with Gasteiger partial charge in [-0.3, -0.25) is 4.79 Å². The molecule has 4 nitrogen and oxygen atoms in total. The predicted octanol–water partition coefficient (Wildman–Crippen LogP) is 2.09. The molecule has 1 aliphatic rings. The van der Waals surface area contributed by atoms with Crippen LogP contribution in [0.15, 0.2) is 18.2 Å². The molecule has 21 heavy (non-hydrogen) atoms. The minimum Gasteiger partial charge on any atom is -0.384 e. The lowest BCUT2D eigenvalue weighted by atomic mass is 9.98. The van der Waals surface area contributed by atoms with Crippen LogP contribution in [0.4, 0.5) is 5.69 Å². The highest BCUT2D eigenvalue weighted by Crippen LogP contribution is 2.26. The number of aliphatic hydroxyl groups excluding tert-OH is 1. The number of ether oxygens (including phenoxy) is 1. The molecule has 0 spiro atoms. The van der Waals surface area contributed by atoms with Crippen LogP contribution in [0.5, 0.6) is 0 Å². The number of carbonyl (C=O) groups is 1. The van der Waals surface area contributed by atoms with E-state index in [-0.39, 0.29) is 24.5 Å². The summed E-state index contributed by atoms with van der Waals surface area (Å²) in [5, 5.41) is 11.7. The Labute approximate surface area is 125 Å². The van der Waals surface area contributed by atoms with E-state index < -0.39 is 0 Å². The number of hydrogen-bond donors (Lipinski definition) is 2. The normalized spacial score (nSPS) is 20.7.